The van der Waals surface area contributed by atoms with Gasteiger partial charge in [0, 0.05) is 38.9 Å². The van der Waals surface area contributed by atoms with Crippen LogP contribution in [0.5, 0.6) is 5.88 Å². The van der Waals surface area contributed by atoms with Crippen LogP contribution in [0.3, 0.4) is 0 Å². The summed E-state index contributed by atoms with van der Waals surface area (Å²) in [6.45, 7) is 8.03. The Labute approximate surface area is 187 Å². The first-order valence-electron chi connectivity index (χ1n) is 9.64. The van der Waals surface area contributed by atoms with Crippen LogP contribution < -0.4 is 15.4 Å². The number of aromatic nitrogens is 1. The third kappa shape index (κ3) is 8.93. The van der Waals surface area contributed by atoms with E-state index in [9.17, 15) is 13.2 Å². The molecule has 1 saturated heterocycles. The molecular weight excluding hydrogens is 498 g/mol. The minimum Gasteiger partial charge on any atom is -0.475 e. The Morgan fingerprint density at radius 3 is 2.62 bits per heavy atom. The van der Waals surface area contributed by atoms with Gasteiger partial charge in [-0.15, -0.1) is 24.0 Å². The lowest BCUT2D eigenvalue weighted by Gasteiger charge is -2.33. The van der Waals surface area contributed by atoms with E-state index >= 15 is 0 Å². The first-order chi connectivity index (χ1) is 13.3. The molecule has 1 aromatic rings. The van der Waals surface area contributed by atoms with E-state index in [0.717, 1.165) is 38.5 Å². The molecule has 1 aromatic heterocycles. The van der Waals surface area contributed by atoms with E-state index in [1.807, 2.05) is 0 Å². The molecule has 0 aromatic carbocycles. The molecule has 0 spiro atoms. The highest BCUT2D eigenvalue weighted by Crippen LogP contribution is 2.34. The summed E-state index contributed by atoms with van der Waals surface area (Å²) in [7, 11) is 1.67. The number of pyridine rings is 1. The van der Waals surface area contributed by atoms with Crippen LogP contribution >= 0.6 is 24.0 Å². The minimum absolute atomic E-state index is 0. The maximum atomic E-state index is 12.9. The second kappa shape index (κ2) is 12.4. The number of rotatable bonds is 7. The number of piperidine rings is 1. The van der Waals surface area contributed by atoms with Crippen LogP contribution in [0.1, 0.15) is 32.3 Å². The second-order valence-electron chi connectivity index (χ2n) is 7.31. The normalized spacial score (nSPS) is 16.4. The second-order valence-corrected chi connectivity index (χ2v) is 7.31. The predicted molar refractivity (Wildman–Crippen MR) is 119 cm³/mol. The Morgan fingerprint density at radius 2 is 2.03 bits per heavy atom. The summed E-state index contributed by atoms with van der Waals surface area (Å²) >= 11 is 0. The van der Waals surface area contributed by atoms with E-state index in [4.69, 9.17) is 4.74 Å². The molecule has 0 amide bonds. The molecule has 166 valence electrons. The topological polar surface area (TPSA) is 61.8 Å². The largest absolute Gasteiger partial charge is 0.475 e. The van der Waals surface area contributed by atoms with Gasteiger partial charge in [0.2, 0.25) is 5.88 Å². The maximum absolute atomic E-state index is 12.9. The van der Waals surface area contributed by atoms with Gasteiger partial charge in [0.25, 0.3) is 0 Å². The van der Waals surface area contributed by atoms with Gasteiger partial charge in [-0.2, -0.15) is 13.2 Å². The molecule has 0 atom stereocenters. The summed E-state index contributed by atoms with van der Waals surface area (Å²) in [5.41, 5.74) is -0.870. The van der Waals surface area contributed by atoms with Crippen LogP contribution in [-0.4, -0.2) is 61.7 Å². The molecular formula is C19H31F3IN5O. The number of halogens is 4. The first kappa shape index (κ1) is 25.7. The van der Waals surface area contributed by atoms with Crippen molar-refractivity contribution < 1.29 is 17.9 Å². The summed E-state index contributed by atoms with van der Waals surface area (Å²) in [4.78, 5) is 10.3. The van der Waals surface area contributed by atoms with Gasteiger partial charge in [-0.25, -0.2) is 4.98 Å². The number of hydrogen-bond acceptors (Lipinski definition) is 4. The number of nitrogens with zero attached hydrogens (tertiary/aromatic N) is 3. The van der Waals surface area contributed by atoms with Gasteiger partial charge in [0.05, 0.1) is 6.54 Å². The Morgan fingerprint density at radius 1 is 1.34 bits per heavy atom. The smallest absolute Gasteiger partial charge is 0.421 e. The fourth-order valence-corrected chi connectivity index (χ4v) is 3.20. The molecule has 29 heavy (non-hydrogen) atoms. The van der Waals surface area contributed by atoms with Crippen molar-refractivity contribution in [2.45, 2.75) is 38.9 Å². The molecule has 0 saturated carbocycles. The zero-order valence-electron chi connectivity index (χ0n) is 17.1. The van der Waals surface area contributed by atoms with Crippen molar-refractivity contribution >= 4 is 29.9 Å². The van der Waals surface area contributed by atoms with Gasteiger partial charge in [0.1, 0.15) is 12.2 Å². The number of likely N-dealkylation sites (tertiary alicyclic amines) is 1. The Balaban J connectivity index is 0.00000420. The van der Waals surface area contributed by atoms with Gasteiger partial charge in [0.15, 0.2) is 5.96 Å². The lowest BCUT2D eigenvalue weighted by atomic mass is 10.0. The highest BCUT2D eigenvalue weighted by Gasteiger charge is 2.35. The molecule has 2 N–H and O–H groups in total. The third-order valence-electron chi connectivity index (χ3n) is 4.49. The fraction of sp³-hybridized carbons (Fsp3) is 0.684. The molecule has 0 radical (unpaired) electrons. The van der Waals surface area contributed by atoms with Crippen molar-refractivity contribution in [2.24, 2.45) is 10.9 Å². The van der Waals surface area contributed by atoms with Crippen molar-refractivity contribution in [2.75, 3.05) is 39.8 Å². The molecule has 1 aliphatic rings. The van der Waals surface area contributed by atoms with Crippen molar-refractivity contribution in [1.29, 1.82) is 0 Å². The number of alkyl halides is 3. The SMILES string of the molecule is CN=C(NCCOc1ncccc1C(F)(F)F)NC1CCN(CC(C)C)CC1.I. The summed E-state index contributed by atoms with van der Waals surface area (Å²) < 4.78 is 44.0. The van der Waals surface area contributed by atoms with Gasteiger partial charge in [-0.05, 0) is 30.9 Å². The molecule has 1 aliphatic heterocycles. The highest BCUT2D eigenvalue weighted by molar-refractivity contribution is 14.0. The summed E-state index contributed by atoms with van der Waals surface area (Å²) in [6, 6.07) is 2.54. The van der Waals surface area contributed by atoms with Crippen LogP contribution in [0.2, 0.25) is 0 Å². The quantitative estimate of drug-likeness (QED) is 0.246. The molecule has 2 heterocycles. The summed E-state index contributed by atoms with van der Waals surface area (Å²) in [5.74, 6) is 0.885. The molecule has 1 fully saturated rings. The van der Waals surface area contributed by atoms with Crippen LogP contribution in [0, 0.1) is 5.92 Å². The van der Waals surface area contributed by atoms with Crippen LogP contribution in [0.25, 0.3) is 0 Å². The van der Waals surface area contributed by atoms with E-state index in [-0.39, 0.29) is 30.6 Å². The van der Waals surface area contributed by atoms with Crippen LogP contribution in [-0.2, 0) is 6.18 Å². The molecule has 2 rings (SSSR count). The highest BCUT2D eigenvalue weighted by atomic mass is 127. The van der Waals surface area contributed by atoms with Crippen LogP contribution in [0.15, 0.2) is 23.3 Å². The van der Waals surface area contributed by atoms with E-state index in [2.05, 4.69) is 39.4 Å². The Kier molecular flexibility index (Phi) is 11.0. The lowest BCUT2D eigenvalue weighted by Crippen LogP contribution is -2.49. The van der Waals surface area contributed by atoms with Gasteiger partial charge < -0.3 is 20.3 Å². The number of guanidine groups is 1. The Bertz CT molecular complexity index is 635. The molecule has 0 unspecified atom stereocenters. The van der Waals surface area contributed by atoms with E-state index in [0.29, 0.717) is 24.5 Å². The lowest BCUT2D eigenvalue weighted by molar-refractivity contribution is -0.139. The number of nitrogens with one attached hydrogen (secondary N) is 2. The summed E-state index contributed by atoms with van der Waals surface area (Å²) in [5, 5.41) is 6.45. The average Bonchev–Trinajstić information content (AvgIpc) is 2.64. The summed E-state index contributed by atoms with van der Waals surface area (Å²) in [6.07, 6.45) is -1.14. The standard InChI is InChI=1S/C19H30F3N5O.HI/c1-14(2)13-27-10-6-15(7-11-27)26-18(23-3)25-9-12-28-17-16(19(20,21)22)5-4-8-24-17;/h4-5,8,14-15H,6-7,9-13H2,1-3H3,(H2,23,25,26);1H. The first-order valence-corrected chi connectivity index (χ1v) is 9.64. The zero-order valence-corrected chi connectivity index (χ0v) is 19.5. The monoisotopic (exact) mass is 529 g/mol. The molecule has 0 aliphatic carbocycles. The zero-order chi connectivity index (χ0) is 20.6. The molecule has 6 nitrogen and oxygen atoms in total. The van der Waals surface area contributed by atoms with Crippen molar-refractivity contribution in [3.63, 3.8) is 0 Å². The van der Waals surface area contributed by atoms with Crippen molar-refractivity contribution in [1.82, 2.24) is 20.5 Å². The van der Waals surface area contributed by atoms with Gasteiger partial charge in [-0.1, -0.05) is 13.8 Å². The van der Waals surface area contributed by atoms with Gasteiger partial charge >= 0.3 is 6.18 Å². The van der Waals surface area contributed by atoms with Crippen molar-refractivity contribution in [3.05, 3.63) is 23.9 Å². The average molecular weight is 529 g/mol. The number of ether oxygens (including phenoxy) is 1. The van der Waals surface area contributed by atoms with E-state index in [1.165, 1.54) is 12.3 Å². The molecule has 0 bridgehead atoms. The minimum atomic E-state index is -4.49. The van der Waals surface area contributed by atoms with E-state index < -0.39 is 17.6 Å². The number of hydrogen-bond donors (Lipinski definition) is 2. The Hall–Kier alpha value is -1.30. The number of aliphatic imine (C=N–C) groups is 1. The third-order valence-corrected chi connectivity index (χ3v) is 4.49. The van der Waals surface area contributed by atoms with Crippen LogP contribution in [0.4, 0.5) is 13.2 Å². The maximum Gasteiger partial charge on any atom is 0.421 e. The predicted octanol–water partition coefficient (Wildman–Crippen LogP) is 3.38. The van der Waals surface area contributed by atoms with Gasteiger partial charge in [-0.3, -0.25) is 4.99 Å². The molecule has 10 heteroatoms. The fourth-order valence-electron chi connectivity index (χ4n) is 3.20. The van der Waals surface area contributed by atoms with E-state index in [1.54, 1.807) is 7.05 Å². The van der Waals surface area contributed by atoms with Crippen molar-refractivity contribution in [3.8, 4) is 5.88 Å².